The van der Waals surface area contributed by atoms with Crippen LogP contribution < -0.4 is 5.32 Å². The van der Waals surface area contributed by atoms with Crippen molar-refractivity contribution in [1.29, 1.82) is 0 Å². The lowest BCUT2D eigenvalue weighted by Gasteiger charge is -2.17. The van der Waals surface area contributed by atoms with Crippen LogP contribution in [-0.2, 0) is 4.79 Å². The highest BCUT2D eigenvalue weighted by molar-refractivity contribution is 6.36. The Bertz CT molecular complexity index is 587. The lowest BCUT2D eigenvalue weighted by molar-refractivity contribution is -0.131. The highest BCUT2D eigenvalue weighted by atomic mass is 35.5. The van der Waals surface area contributed by atoms with Crippen LogP contribution in [0.3, 0.4) is 0 Å². The smallest absolute Gasteiger partial charge is 0.253 e. The van der Waals surface area contributed by atoms with Crippen LogP contribution in [0, 0.1) is 5.92 Å². The number of likely N-dealkylation sites (tertiary alicyclic amines) is 1. The fourth-order valence-corrected chi connectivity index (χ4v) is 3.10. The van der Waals surface area contributed by atoms with Crippen LogP contribution in [0.15, 0.2) is 18.2 Å². The molecule has 1 aliphatic heterocycles. The Labute approximate surface area is 133 Å². The van der Waals surface area contributed by atoms with E-state index in [9.17, 15) is 9.59 Å². The molecule has 3 rings (SSSR count). The highest BCUT2D eigenvalue weighted by Crippen LogP contribution is 2.32. The van der Waals surface area contributed by atoms with Crippen molar-refractivity contribution < 1.29 is 9.59 Å². The summed E-state index contributed by atoms with van der Waals surface area (Å²) in [6.45, 7) is 1.31. The zero-order valence-electron chi connectivity index (χ0n) is 11.4. The van der Waals surface area contributed by atoms with Gasteiger partial charge in [0.05, 0.1) is 10.6 Å². The standard InChI is InChI=1S/C15H16Cl2N2O2/c16-10-3-4-12(13(17)7-10)14(20)18-11-5-6-19(8-11)15(21)9-1-2-9/h3-4,7,9,11H,1-2,5-6,8H2,(H,18,20). The molecule has 21 heavy (non-hydrogen) atoms. The molecule has 2 aliphatic rings. The number of carbonyl (C=O) groups excluding carboxylic acids is 2. The van der Waals surface area contributed by atoms with Gasteiger partial charge < -0.3 is 10.2 Å². The van der Waals surface area contributed by atoms with Gasteiger partial charge in [-0.2, -0.15) is 0 Å². The minimum atomic E-state index is -0.220. The summed E-state index contributed by atoms with van der Waals surface area (Å²) in [5.74, 6) is 0.240. The Hall–Kier alpha value is -1.26. The fraction of sp³-hybridized carbons (Fsp3) is 0.467. The molecule has 112 valence electrons. The molecule has 1 aromatic rings. The van der Waals surface area contributed by atoms with Crippen molar-refractivity contribution in [1.82, 2.24) is 10.2 Å². The number of hydrogen-bond donors (Lipinski definition) is 1. The van der Waals surface area contributed by atoms with Crippen LogP contribution >= 0.6 is 23.2 Å². The predicted molar refractivity (Wildman–Crippen MR) is 81.6 cm³/mol. The van der Waals surface area contributed by atoms with E-state index < -0.39 is 0 Å². The summed E-state index contributed by atoms with van der Waals surface area (Å²) in [5, 5.41) is 3.77. The van der Waals surface area contributed by atoms with Crippen molar-refractivity contribution >= 4 is 35.0 Å². The van der Waals surface area contributed by atoms with Gasteiger partial charge in [-0.1, -0.05) is 23.2 Å². The zero-order valence-corrected chi connectivity index (χ0v) is 13.0. The van der Waals surface area contributed by atoms with Crippen molar-refractivity contribution in [3.8, 4) is 0 Å². The predicted octanol–water partition coefficient (Wildman–Crippen LogP) is 2.73. The molecule has 2 amide bonds. The molecule has 1 heterocycles. The second-order valence-corrected chi connectivity index (χ2v) is 6.49. The van der Waals surface area contributed by atoms with Gasteiger partial charge in [0.2, 0.25) is 5.91 Å². The van der Waals surface area contributed by atoms with E-state index in [1.807, 2.05) is 4.90 Å². The van der Waals surface area contributed by atoms with Crippen molar-refractivity contribution in [3.05, 3.63) is 33.8 Å². The molecule has 4 nitrogen and oxygen atoms in total. The Morgan fingerprint density at radius 3 is 2.62 bits per heavy atom. The minimum Gasteiger partial charge on any atom is -0.347 e. The maximum Gasteiger partial charge on any atom is 0.253 e. The maximum absolute atomic E-state index is 12.2. The summed E-state index contributed by atoms with van der Waals surface area (Å²) in [6, 6.07) is 4.80. The van der Waals surface area contributed by atoms with Gasteiger partial charge in [-0.05, 0) is 37.5 Å². The highest BCUT2D eigenvalue weighted by Gasteiger charge is 2.36. The number of amides is 2. The molecule has 1 saturated carbocycles. The number of benzene rings is 1. The Balaban J connectivity index is 1.59. The van der Waals surface area contributed by atoms with Gasteiger partial charge in [0.25, 0.3) is 5.91 Å². The van der Waals surface area contributed by atoms with Gasteiger partial charge in [0.15, 0.2) is 0 Å². The number of nitrogens with one attached hydrogen (secondary N) is 1. The number of nitrogens with zero attached hydrogens (tertiary/aromatic N) is 1. The summed E-state index contributed by atoms with van der Waals surface area (Å²) >= 11 is 11.9. The van der Waals surface area contributed by atoms with Crippen LogP contribution in [0.25, 0.3) is 0 Å². The van der Waals surface area contributed by atoms with Gasteiger partial charge in [-0.3, -0.25) is 9.59 Å². The lowest BCUT2D eigenvalue weighted by atomic mass is 10.2. The number of rotatable bonds is 3. The van der Waals surface area contributed by atoms with Crippen LogP contribution in [-0.4, -0.2) is 35.8 Å². The van der Waals surface area contributed by atoms with Gasteiger partial charge in [0.1, 0.15) is 0 Å². The summed E-state index contributed by atoms with van der Waals surface area (Å²) in [5.41, 5.74) is 0.410. The summed E-state index contributed by atoms with van der Waals surface area (Å²) < 4.78 is 0. The molecule has 1 saturated heterocycles. The van der Waals surface area contributed by atoms with Crippen LogP contribution in [0.1, 0.15) is 29.6 Å². The second kappa shape index (κ2) is 5.85. The first-order chi connectivity index (χ1) is 10.0. The number of carbonyl (C=O) groups is 2. The Morgan fingerprint density at radius 2 is 1.95 bits per heavy atom. The first kappa shape index (κ1) is 14.7. The molecule has 0 spiro atoms. The topological polar surface area (TPSA) is 49.4 Å². The van der Waals surface area contributed by atoms with Crippen LogP contribution in [0.5, 0.6) is 0 Å². The SMILES string of the molecule is O=C(NC1CCN(C(=O)C2CC2)C1)c1ccc(Cl)cc1Cl. The molecule has 1 N–H and O–H groups in total. The van der Waals surface area contributed by atoms with Crippen LogP contribution in [0.4, 0.5) is 0 Å². The van der Waals surface area contributed by atoms with Gasteiger partial charge in [0, 0.05) is 30.1 Å². The molecule has 0 bridgehead atoms. The van der Waals surface area contributed by atoms with E-state index in [2.05, 4.69) is 5.32 Å². The molecule has 1 aromatic carbocycles. The fourth-order valence-electron chi connectivity index (χ4n) is 2.60. The molecule has 1 atom stereocenters. The minimum absolute atomic E-state index is 0.00746. The molecule has 1 unspecified atom stereocenters. The zero-order chi connectivity index (χ0) is 15.0. The van der Waals surface area contributed by atoms with Crippen molar-refractivity contribution in [2.45, 2.75) is 25.3 Å². The Morgan fingerprint density at radius 1 is 1.19 bits per heavy atom. The first-order valence-corrected chi connectivity index (χ1v) is 7.85. The summed E-state index contributed by atoms with van der Waals surface area (Å²) in [7, 11) is 0. The second-order valence-electron chi connectivity index (χ2n) is 5.64. The van der Waals surface area contributed by atoms with E-state index in [0.717, 1.165) is 19.3 Å². The third-order valence-electron chi connectivity index (χ3n) is 3.94. The molecular weight excluding hydrogens is 311 g/mol. The van der Waals surface area contributed by atoms with E-state index in [1.165, 1.54) is 0 Å². The maximum atomic E-state index is 12.2. The first-order valence-electron chi connectivity index (χ1n) is 7.09. The molecule has 1 aliphatic carbocycles. The number of hydrogen-bond acceptors (Lipinski definition) is 2. The Kier molecular flexibility index (Phi) is 4.09. The number of halogens is 2. The van der Waals surface area contributed by atoms with Gasteiger partial charge >= 0.3 is 0 Å². The quantitative estimate of drug-likeness (QED) is 0.928. The third-order valence-corrected chi connectivity index (χ3v) is 4.49. The summed E-state index contributed by atoms with van der Waals surface area (Å²) in [6.07, 6.45) is 2.80. The summed E-state index contributed by atoms with van der Waals surface area (Å²) in [4.78, 5) is 26.0. The van der Waals surface area contributed by atoms with Crippen LogP contribution in [0.2, 0.25) is 10.0 Å². The van der Waals surface area contributed by atoms with Gasteiger partial charge in [-0.25, -0.2) is 0 Å². The molecule has 2 fully saturated rings. The van der Waals surface area contributed by atoms with Gasteiger partial charge in [-0.15, -0.1) is 0 Å². The molecule has 6 heteroatoms. The molecular formula is C15H16Cl2N2O2. The normalized spacial score (nSPS) is 21.4. The van der Waals surface area contributed by atoms with Crippen molar-refractivity contribution in [2.75, 3.05) is 13.1 Å². The largest absolute Gasteiger partial charge is 0.347 e. The molecule has 0 radical (unpaired) electrons. The van der Waals surface area contributed by atoms with E-state index in [0.29, 0.717) is 28.7 Å². The van der Waals surface area contributed by atoms with E-state index in [1.54, 1.807) is 18.2 Å². The van der Waals surface area contributed by atoms with E-state index in [4.69, 9.17) is 23.2 Å². The molecule has 0 aromatic heterocycles. The lowest BCUT2D eigenvalue weighted by Crippen LogP contribution is -2.38. The average molecular weight is 327 g/mol. The van der Waals surface area contributed by atoms with E-state index in [-0.39, 0.29) is 23.8 Å². The third kappa shape index (κ3) is 3.33. The average Bonchev–Trinajstić information content (AvgIpc) is 3.18. The van der Waals surface area contributed by atoms with Crippen molar-refractivity contribution in [3.63, 3.8) is 0 Å². The van der Waals surface area contributed by atoms with Crippen molar-refractivity contribution in [2.24, 2.45) is 5.92 Å². The monoisotopic (exact) mass is 326 g/mol. The van der Waals surface area contributed by atoms with E-state index >= 15 is 0 Å².